The Bertz CT molecular complexity index is 901. The summed E-state index contributed by atoms with van der Waals surface area (Å²) in [6, 6.07) is 6.94. The number of hydrogen-bond donors (Lipinski definition) is 1. The standard InChI is InChI=1S/C19H17F3N4/c1-2-14-10-17(24-7-5-12-4-3-6-23-11-12)26-19(25-14)15-8-13(20)9-16(21)18(15)22/h3-4,6,8-11H,2,5,7H2,1H3,(H,24,25,26). The second-order valence-electron chi connectivity index (χ2n) is 5.71. The highest BCUT2D eigenvalue weighted by atomic mass is 19.2. The molecule has 0 aliphatic carbocycles. The first kappa shape index (κ1) is 17.8. The Labute approximate surface area is 149 Å². The van der Waals surface area contributed by atoms with Crippen LogP contribution in [0.1, 0.15) is 18.2 Å². The van der Waals surface area contributed by atoms with Crippen molar-refractivity contribution in [1.29, 1.82) is 0 Å². The third-order valence-electron chi connectivity index (χ3n) is 3.82. The van der Waals surface area contributed by atoms with Crippen molar-refractivity contribution >= 4 is 5.82 Å². The minimum Gasteiger partial charge on any atom is -0.370 e. The molecule has 3 aromatic rings. The molecule has 2 aromatic heterocycles. The van der Waals surface area contributed by atoms with Gasteiger partial charge in [-0.05, 0) is 30.5 Å². The zero-order chi connectivity index (χ0) is 18.5. The Kier molecular flexibility index (Phi) is 5.46. The molecule has 0 radical (unpaired) electrons. The lowest BCUT2D eigenvalue weighted by Gasteiger charge is -2.10. The summed E-state index contributed by atoms with van der Waals surface area (Å²) in [5.41, 5.74) is 1.40. The van der Waals surface area contributed by atoms with Crippen LogP contribution in [0, 0.1) is 17.5 Å². The number of pyridine rings is 1. The van der Waals surface area contributed by atoms with Crippen LogP contribution in [-0.2, 0) is 12.8 Å². The topological polar surface area (TPSA) is 50.7 Å². The number of aryl methyl sites for hydroxylation is 1. The van der Waals surface area contributed by atoms with Gasteiger partial charge in [-0.15, -0.1) is 0 Å². The first-order valence-corrected chi connectivity index (χ1v) is 8.22. The van der Waals surface area contributed by atoms with Gasteiger partial charge in [0, 0.05) is 36.8 Å². The number of anilines is 1. The van der Waals surface area contributed by atoms with Crippen LogP contribution >= 0.6 is 0 Å². The van der Waals surface area contributed by atoms with Crippen LogP contribution in [0.2, 0.25) is 0 Å². The van der Waals surface area contributed by atoms with E-state index in [1.54, 1.807) is 18.5 Å². The third kappa shape index (κ3) is 4.17. The van der Waals surface area contributed by atoms with E-state index in [-0.39, 0.29) is 11.4 Å². The molecule has 26 heavy (non-hydrogen) atoms. The van der Waals surface area contributed by atoms with E-state index in [1.165, 1.54) is 0 Å². The SMILES string of the molecule is CCc1cc(NCCc2cccnc2)nc(-c2cc(F)cc(F)c2F)n1. The van der Waals surface area contributed by atoms with Crippen LogP contribution in [0.25, 0.3) is 11.4 Å². The number of nitrogens with one attached hydrogen (secondary N) is 1. The van der Waals surface area contributed by atoms with Gasteiger partial charge in [0.2, 0.25) is 0 Å². The molecule has 0 amide bonds. The lowest BCUT2D eigenvalue weighted by molar-refractivity contribution is 0.497. The Morgan fingerprint density at radius 2 is 1.92 bits per heavy atom. The molecule has 0 spiro atoms. The van der Waals surface area contributed by atoms with Gasteiger partial charge < -0.3 is 5.32 Å². The molecule has 0 aliphatic rings. The molecular formula is C19H17F3N4. The van der Waals surface area contributed by atoms with E-state index in [0.717, 1.165) is 18.1 Å². The molecular weight excluding hydrogens is 341 g/mol. The van der Waals surface area contributed by atoms with Crippen LogP contribution < -0.4 is 5.32 Å². The highest BCUT2D eigenvalue weighted by Gasteiger charge is 2.16. The molecule has 1 aromatic carbocycles. The van der Waals surface area contributed by atoms with Gasteiger partial charge in [-0.3, -0.25) is 4.98 Å². The maximum Gasteiger partial charge on any atom is 0.170 e. The van der Waals surface area contributed by atoms with Gasteiger partial charge >= 0.3 is 0 Å². The van der Waals surface area contributed by atoms with E-state index < -0.39 is 17.5 Å². The lowest BCUT2D eigenvalue weighted by atomic mass is 10.1. The molecule has 4 nitrogen and oxygen atoms in total. The van der Waals surface area contributed by atoms with Crippen molar-refractivity contribution in [3.63, 3.8) is 0 Å². The van der Waals surface area contributed by atoms with E-state index in [9.17, 15) is 13.2 Å². The minimum atomic E-state index is -1.27. The average Bonchev–Trinajstić information content (AvgIpc) is 2.65. The summed E-state index contributed by atoms with van der Waals surface area (Å²) in [5.74, 6) is -2.89. The summed E-state index contributed by atoms with van der Waals surface area (Å²) < 4.78 is 41.0. The summed E-state index contributed by atoms with van der Waals surface area (Å²) in [4.78, 5) is 12.5. The fourth-order valence-corrected chi connectivity index (χ4v) is 2.49. The number of hydrogen-bond acceptors (Lipinski definition) is 4. The van der Waals surface area contributed by atoms with Gasteiger partial charge in [0.1, 0.15) is 11.6 Å². The summed E-state index contributed by atoms with van der Waals surface area (Å²) in [6.45, 7) is 2.46. The summed E-state index contributed by atoms with van der Waals surface area (Å²) >= 11 is 0. The largest absolute Gasteiger partial charge is 0.370 e. The van der Waals surface area contributed by atoms with Crippen molar-refractivity contribution in [3.8, 4) is 11.4 Å². The first-order valence-electron chi connectivity index (χ1n) is 8.22. The minimum absolute atomic E-state index is 0.0517. The number of rotatable bonds is 6. The highest BCUT2D eigenvalue weighted by molar-refractivity contribution is 5.59. The zero-order valence-corrected chi connectivity index (χ0v) is 14.1. The number of benzene rings is 1. The van der Waals surface area contributed by atoms with Gasteiger partial charge in [0.25, 0.3) is 0 Å². The van der Waals surface area contributed by atoms with Crippen LogP contribution in [0.3, 0.4) is 0 Å². The number of nitrogens with zero attached hydrogens (tertiary/aromatic N) is 3. The molecule has 0 saturated heterocycles. The molecule has 7 heteroatoms. The summed E-state index contributed by atoms with van der Waals surface area (Å²) in [7, 11) is 0. The highest BCUT2D eigenvalue weighted by Crippen LogP contribution is 2.24. The zero-order valence-electron chi connectivity index (χ0n) is 14.1. The summed E-state index contributed by atoms with van der Waals surface area (Å²) in [5, 5.41) is 3.14. The van der Waals surface area contributed by atoms with E-state index in [4.69, 9.17) is 0 Å². The predicted molar refractivity (Wildman–Crippen MR) is 93.2 cm³/mol. The van der Waals surface area contributed by atoms with Crippen molar-refractivity contribution in [2.24, 2.45) is 0 Å². The Hall–Kier alpha value is -2.96. The molecule has 1 N–H and O–H groups in total. The molecule has 0 atom stereocenters. The van der Waals surface area contributed by atoms with Crippen molar-refractivity contribution in [3.05, 3.63) is 71.4 Å². The molecule has 0 bridgehead atoms. The first-order chi connectivity index (χ1) is 12.6. The second-order valence-corrected chi connectivity index (χ2v) is 5.71. The Morgan fingerprint density at radius 3 is 2.65 bits per heavy atom. The Morgan fingerprint density at radius 1 is 1.08 bits per heavy atom. The van der Waals surface area contributed by atoms with Crippen molar-refractivity contribution in [1.82, 2.24) is 15.0 Å². The van der Waals surface area contributed by atoms with Gasteiger partial charge in [0.05, 0.1) is 5.56 Å². The quantitative estimate of drug-likeness (QED) is 0.672. The second kappa shape index (κ2) is 7.95. The monoisotopic (exact) mass is 358 g/mol. The van der Waals surface area contributed by atoms with E-state index in [0.29, 0.717) is 30.5 Å². The van der Waals surface area contributed by atoms with Crippen LogP contribution in [0.4, 0.5) is 19.0 Å². The third-order valence-corrected chi connectivity index (χ3v) is 3.82. The van der Waals surface area contributed by atoms with Crippen LogP contribution in [-0.4, -0.2) is 21.5 Å². The maximum absolute atomic E-state index is 14.1. The van der Waals surface area contributed by atoms with Gasteiger partial charge in [0.15, 0.2) is 17.5 Å². The number of halogens is 3. The summed E-state index contributed by atoms with van der Waals surface area (Å²) in [6.07, 6.45) is 4.77. The van der Waals surface area contributed by atoms with Gasteiger partial charge in [-0.25, -0.2) is 23.1 Å². The molecule has 134 valence electrons. The van der Waals surface area contributed by atoms with E-state index in [1.807, 2.05) is 19.1 Å². The van der Waals surface area contributed by atoms with Crippen LogP contribution in [0.5, 0.6) is 0 Å². The predicted octanol–water partition coefficient (Wildman–Crippen LogP) is 4.17. The Balaban J connectivity index is 1.85. The van der Waals surface area contributed by atoms with Gasteiger partial charge in [-0.1, -0.05) is 13.0 Å². The average molecular weight is 358 g/mol. The molecule has 0 saturated carbocycles. The fraction of sp³-hybridized carbons (Fsp3) is 0.211. The smallest absolute Gasteiger partial charge is 0.170 e. The molecule has 0 unspecified atom stereocenters. The van der Waals surface area contributed by atoms with E-state index >= 15 is 0 Å². The molecule has 0 aliphatic heterocycles. The number of aromatic nitrogens is 3. The van der Waals surface area contributed by atoms with Crippen molar-refractivity contribution in [2.45, 2.75) is 19.8 Å². The van der Waals surface area contributed by atoms with Gasteiger partial charge in [-0.2, -0.15) is 0 Å². The van der Waals surface area contributed by atoms with Crippen molar-refractivity contribution in [2.75, 3.05) is 11.9 Å². The molecule has 2 heterocycles. The lowest BCUT2D eigenvalue weighted by Crippen LogP contribution is -2.09. The van der Waals surface area contributed by atoms with Crippen LogP contribution in [0.15, 0.2) is 42.7 Å². The normalized spacial score (nSPS) is 10.8. The molecule has 0 fully saturated rings. The molecule has 3 rings (SSSR count). The van der Waals surface area contributed by atoms with Crippen molar-refractivity contribution < 1.29 is 13.2 Å². The fourth-order valence-electron chi connectivity index (χ4n) is 2.49. The maximum atomic E-state index is 14.1. The van der Waals surface area contributed by atoms with E-state index in [2.05, 4.69) is 20.3 Å².